The number of hydrogen-bond donors (Lipinski definition) is 0. The third-order valence-corrected chi connectivity index (χ3v) is 8.33. The van der Waals surface area contributed by atoms with E-state index >= 15 is 0 Å². The van der Waals surface area contributed by atoms with Crippen LogP contribution in [0.1, 0.15) is 27.7 Å². The predicted octanol–water partition coefficient (Wildman–Crippen LogP) is 2.90. The van der Waals surface area contributed by atoms with E-state index in [0.717, 1.165) is 4.41 Å². The van der Waals surface area contributed by atoms with Gasteiger partial charge < -0.3 is 0 Å². The van der Waals surface area contributed by atoms with Crippen molar-refractivity contribution < 1.29 is 8.56 Å². The quantitative estimate of drug-likeness (QED) is 0.699. The molecular weight excluding hydrogens is 225 g/mol. The normalized spacial score (nSPS) is 12.5. The molecule has 0 atom stereocenters. The molecule has 0 rings (SSSR count). The van der Waals surface area contributed by atoms with Gasteiger partial charge in [0.25, 0.3) is 0 Å². The molecule has 0 N–H and O–H groups in total. The zero-order valence-electron chi connectivity index (χ0n) is 9.52. The van der Waals surface area contributed by atoms with Gasteiger partial charge in [-0.25, -0.2) is 0 Å². The Balaban J connectivity index is 4.65. The van der Waals surface area contributed by atoms with E-state index in [2.05, 4.69) is 38.9 Å². The Morgan fingerprint density at radius 3 is 1.92 bits per heavy atom. The Bertz CT molecular complexity index is 224. The van der Waals surface area contributed by atoms with Crippen LogP contribution < -0.4 is 0 Å². The Morgan fingerprint density at radius 1 is 1.31 bits per heavy atom. The molecule has 0 radical (unpaired) electrons. The van der Waals surface area contributed by atoms with Crippen molar-refractivity contribution in [1.29, 1.82) is 0 Å². The number of allylic oxidation sites excluding steroid dienone is 1. The molecule has 0 bridgehead atoms. The fourth-order valence-electron chi connectivity index (χ4n) is 1.32. The van der Waals surface area contributed by atoms with Gasteiger partial charge in [-0.05, 0) is 0 Å². The summed E-state index contributed by atoms with van der Waals surface area (Å²) >= 11 is -2.56. The predicted molar refractivity (Wildman–Crippen MR) is 57.8 cm³/mol. The molecule has 0 aromatic rings. The molecule has 0 spiro atoms. The number of carbonyl (C=O) groups excluding carboxylic acids is 1. The molecule has 3 heteroatoms. The van der Waals surface area contributed by atoms with Gasteiger partial charge in [-0.1, -0.05) is 0 Å². The first kappa shape index (κ1) is 12.8. The summed E-state index contributed by atoms with van der Waals surface area (Å²) < 4.78 is 6.49. The average molecular weight is 245 g/mol. The standard InChI is InChI=1S/C10H20GeO2/c1-8(10(3,4)5)11(6,7)13-9(2)12/h1H2,2-7H3. The molecule has 0 amide bonds. The molecule has 2 nitrogen and oxygen atoms in total. The fourth-order valence-corrected chi connectivity index (χ4v) is 6.88. The van der Waals surface area contributed by atoms with Gasteiger partial charge in [-0.2, -0.15) is 0 Å². The van der Waals surface area contributed by atoms with Gasteiger partial charge in [-0.3, -0.25) is 0 Å². The molecule has 0 heterocycles. The molecule has 0 saturated heterocycles. The van der Waals surface area contributed by atoms with Gasteiger partial charge >= 0.3 is 83.7 Å². The van der Waals surface area contributed by atoms with Crippen molar-refractivity contribution in [1.82, 2.24) is 0 Å². The third-order valence-electron chi connectivity index (χ3n) is 2.03. The van der Waals surface area contributed by atoms with Gasteiger partial charge in [0.1, 0.15) is 0 Å². The minimum atomic E-state index is -2.56. The van der Waals surface area contributed by atoms with Crippen LogP contribution in [-0.2, 0) is 8.56 Å². The van der Waals surface area contributed by atoms with Crippen molar-refractivity contribution in [2.75, 3.05) is 0 Å². The Hall–Kier alpha value is -0.247. The maximum absolute atomic E-state index is 10.9. The van der Waals surface area contributed by atoms with Crippen LogP contribution in [0.3, 0.4) is 0 Å². The van der Waals surface area contributed by atoms with Gasteiger partial charge in [-0.15, -0.1) is 0 Å². The van der Waals surface area contributed by atoms with E-state index in [1.165, 1.54) is 6.92 Å². The zero-order chi connectivity index (χ0) is 10.9. The monoisotopic (exact) mass is 246 g/mol. The second-order valence-electron chi connectivity index (χ2n) is 4.83. The molecular formula is C10H20GeO2. The van der Waals surface area contributed by atoms with Crippen LogP contribution in [0.15, 0.2) is 11.0 Å². The molecule has 0 unspecified atom stereocenters. The average Bonchev–Trinajstić information content (AvgIpc) is 1.80. The number of rotatable bonds is 2. The van der Waals surface area contributed by atoms with E-state index < -0.39 is 13.6 Å². The van der Waals surface area contributed by atoms with E-state index in [0.29, 0.717) is 0 Å². The summed E-state index contributed by atoms with van der Waals surface area (Å²) in [6.45, 7) is 11.8. The van der Waals surface area contributed by atoms with Crippen molar-refractivity contribution in [3.63, 3.8) is 0 Å². The second kappa shape index (κ2) is 3.86. The van der Waals surface area contributed by atoms with Crippen LogP contribution in [-0.4, -0.2) is 19.6 Å². The molecule has 0 aromatic carbocycles. The molecule has 76 valence electrons. The molecule has 0 aromatic heterocycles. The van der Waals surface area contributed by atoms with Gasteiger partial charge in [0, 0.05) is 0 Å². The molecule has 0 fully saturated rings. The number of carbonyl (C=O) groups is 1. The summed E-state index contributed by atoms with van der Waals surface area (Å²) in [5, 5.41) is 0. The molecule has 13 heavy (non-hydrogen) atoms. The molecule has 0 saturated carbocycles. The van der Waals surface area contributed by atoms with Crippen LogP contribution in [0.4, 0.5) is 0 Å². The van der Waals surface area contributed by atoms with E-state index in [1.54, 1.807) is 0 Å². The summed E-state index contributed by atoms with van der Waals surface area (Å²) in [6.07, 6.45) is 0. The van der Waals surface area contributed by atoms with Crippen molar-refractivity contribution in [2.24, 2.45) is 5.41 Å². The molecule has 0 aliphatic heterocycles. The summed E-state index contributed by atoms with van der Waals surface area (Å²) in [6, 6.07) is 0. The topological polar surface area (TPSA) is 26.3 Å². The maximum atomic E-state index is 10.9. The Kier molecular flexibility index (Phi) is 3.79. The van der Waals surface area contributed by atoms with Crippen molar-refractivity contribution in [3.05, 3.63) is 11.0 Å². The third kappa shape index (κ3) is 3.98. The van der Waals surface area contributed by atoms with Gasteiger partial charge in [0.05, 0.1) is 0 Å². The van der Waals surface area contributed by atoms with Crippen molar-refractivity contribution in [3.8, 4) is 0 Å². The summed E-state index contributed by atoms with van der Waals surface area (Å²) in [5.41, 5.74) is 0.0406. The first-order valence-electron chi connectivity index (χ1n) is 4.47. The van der Waals surface area contributed by atoms with Crippen LogP contribution in [0.5, 0.6) is 0 Å². The van der Waals surface area contributed by atoms with E-state index in [9.17, 15) is 4.79 Å². The molecule has 0 aliphatic carbocycles. The van der Waals surface area contributed by atoms with Crippen LogP contribution in [0.25, 0.3) is 0 Å². The van der Waals surface area contributed by atoms with Gasteiger partial charge in [0.2, 0.25) is 0 Å². The summed E-state index contributed by atoms with van der Waals surface area (Å²) in [7, 11) is 0. The SMILES string of the molecule is C=[C](C(C)(C)C)[Ge]([CH3])([CH3])[O]C(C)=O. The molecule has 0 aliphatic rings. The fraction of sp³-hybridized carbons (Fsp3) is 0.700. The van der Waals surface area contributed by atoms with E-state index in [1.807, 2.05) is 0 Å². The van der Waals surface area contributed by atoms with E-state index in [4.69, 9.17) is 3.76 Å². The summed E-state index contributed by atoms with van der Waals surface area (Å²) in [4.78, 5) is 10.9. The Morgan fingerprint density at radius 2 is 1.69 bits per heavy atom. The Labute approximate surface area is 84.1 Å². The second-order valence-corrected chi connectivity index (χ2v) is 12.9. The minimum absolute atomic E-state index is 0.0406. The first-order valence-corrected chi connectivity index (χ1v) is 10.6. The van der Waals surface area contributed by atoms with Crippen LogP contribution in [0.2, 0.25) is 11.5 Å². The van der Waals surface area contributed by atoms with Crippen LogP contribution in [0, 0.1) is 5.41 Å². The van der Waals surface area contributed by atoms with Crippen molar-refractivity contribution >= 4 is 19.6 Å². The zero-order valence-corrected chi connectivity index (χ0v) is 11.6. The van der Waals surface area contributed by atoms with E-state index in [-0.39, 0.29) is 11.4 Å². The van der Waals surface area contributed by atoms with Crippen molar-refractivity contribution in [2.45, 2.75) is 39.2 Å². The van der Waals surface area contributed by atoms with Crippen LogP contribution >= 0.6 is 0 Å². The first-order chi connectivity index (χ1) is 5.57. The number of hydrogen-bond acceptors (Lipinski definition) is 2. The summed E-state index contributed by atoms with van der Waals surface area (Å²) in [5.74, 6) is 3.92. The van der Waals surface area contributed by atoms with Gasteiger partial charge in [0.15, 0.2) is 0 Å².